The molecule has 0 radical (unpaired) electrons. The molecule has 3 rings (SSSR count). The number of methoxy groups -OCH3 is 1. The molecule has 0 aliphatic carbocycles. The Morgan fingerprint density at radius 2 is 1.75 bits per heavy atom. The zero-order chi connectivity index (χ0) is 14.3. The normalized spacial score (nSPS) is 10.9. The fraction of sp³-hybridized carbons (Fsp3) is 0.200. The lowest BCUT2D eigenvalue weighted by Crippen LogP contribution is -1.92. The standard InChI is InChI=1S/C15H15N3OS/c1-17-14(16-18(2)15(17)20)12-5-4-11-9-13(19-3)7-6-10(11)8-12/h4-9H,1-3H3. The van der Waals surface area contributed by atoms with Gasteiger partial charge in [-0.3, -0.25) is 0 Å². The van der Waals surface area contributed by atoms with Crippen molar-refractivity contribution in [1.82, 2.24) is 14.3 Å². The quantitative estimate of drug-likeness (QED) is 0.677. The smallest absolute Gasteiger partial charge is 0.197 e. The highest BCUT2D eigenvalue weighted by Crippen LogP contribution is 2.26. The number of benzene rings is 2. The van der Waals surface area contributed by atoms with Crippen LogP contribution in [0.15, 0.2) is 36.4 Å². The minimum atomic E-state index is 0.704. The third-order valence-electron chi connectivity index (χ3n) is 3.43. The third kappa shape index (κ3) is 2.00. The second kappa shape index (κ2) is 4.76. The van der Waals surface area contributed by atoms with Crippen LogP contribution in [0.5, 0.6) is 5.75 Å². The van der Waals surface area contributed by atoms with E-state index in [1.54, 1.807) is 11.8 Å². The lowest BCUT2D eigenvalue weighted by atomic mass is 10.1. The summed E-state index contributed by atoms with van der Waals surface area (Å²) < 4.78 is 9.57. The Labute approximate surface area is 122 Å². The van der Waals surface area contributed by atoms with E-state index in [1.165, 1.54) is 0 Å². The maximum absolute atomic E-state index is 5.29. The van der Waals surface area contributed by atoms with Crippen LogP contribution < -0.4 is 4.74 Å². The summed E-state index contributed by atoms with van der Waals surface area (Å²) >= 11 is 5.29. The Bertz CT molecular complexity index is 848. The number of hydrogen-bond donors (Lipinski definition) is 0. The third-order valence-corrected chi connectivity index (χ3v) is 3.97. The predicted molar refractivity (Wildman–Crippen MR) is 82.5 cm³/mol. The SMILES string of the molecule is COc1ccc2cc(-c3nn(C)c(=S)n3C)ccc2c1. The minimum absolute atomic E-state index is 0.704. The summed E-state index contributed by atoms with van der Waals surface area (Å²) in [7, 11) is 5.47. The lowest BCUT2D eigenvalue weighted by molar-refractivity contribution is 0.415. The van der Waals surface area contributed by atoms with Gasteiger partial charge in [0, 0.05) is 19.7 Å². The first-order valence-corrected chi connectivity index (χ1v) is 6.69. The second-order valence-corrected chi connectivity index (χ2v) is 5.08. The topological polar surface area (TPSA) is 32.0 Å². The molecule has 0 aliphatic heterocycles. The summed E-state index contributed by atoms with van der Waals surface area (Å²) in [6, 6.07) is 12.3. The van der Waals surface area contributed by atoms with Crippen molar-refractivity contribution in [2.24, 2.45) is 14.1 Å². The maximum Gasteiger partial charge on any atom is 0.197 e. The first kappa shape index (κ1) is 12.9. The number of ether oxygens (including phenoxy) is 1. The second-order valence-electron chi connectivity index (χ2n) is 4.72. The summed E-state index contributed by atoms with van der Waals surface area (Å²) in [5, 5.41) is 6.77. The van der Waals surface area contributed by atoms with Crippen LogP contribution in [0.4, 0.5) is 0 Å². The van der Waals surface area contributed by atoms with Gasteiger partial charge in [0.15, 0.2) is 10.6 Å². The average molecular weight is 285 g/mol. The van der Waals surface area contributed by atoms with Crippen molar-refractivity contribution in [2.45, 2.75) is 0 Å². The van der Waals surface area contributed by atoms with E-state index in [4.69, 9.17) is 17.0 Å². The average Bonchev–Trinajstić information content (AvgIpc) is 2.74. The molecule has 0 saturated carbocycles. The van der Waals surface area contributed by atoms with Crippen molar-refractivity contribution in [3.05, 3.63) is 41.2 Å². The van der Waals surface area contributed by atoms with Gasteiger partial charge in [0.1, 0.15) is 5.75 Å². The van der Waals surface area contributed by atoms with Gasteiger partial charge >= 0.3 is 0 Å². The van der Waals surface area contributed by atoms with Gasteiger partial charge < -0.3 is 9.30 Å². The molecule has 0 bridgehead atoms. The zero-order valence-electron chi connectivity index (χ0n) is 11.6. The van der Waals surface area contributed by atoms with E-state index < -0.39 is 0 Å². The monoisotopic (exact) mass is 285 g/mol. The highest BCUT2D eigenvalue weighted by molar-refractivity contribution is 7.71. The first-order valence-electron chi connectivity index (χ1n) is 6.28. The van der Waals surface area contributed by atoms with Gasteiger partial charge in [-0.15, -0.1) is 0 Å². The molecule has 3 aromatic rings. The van der Waals surface area contributed by atoms with Gasteiger partial charge in [-0.25, -0.2) is 4.68 Å². The molecule has 0 amide bonds. The van der Waals surface area contributed by atoms with Crippen LogP contribution in [-0.4, -0.2) is 21.5 Å². The van der Waals surface area contributed by atoms with Gasteiger partial charge in [-0.2, -0.15) is 5.10 Å². The predicted octanol–water partition coefficient (Wildman–Crippen LogP) is 3.32. The van der Waals surface area contributed by atoms with E-state index in [1.807, 2.05) is 30.8 Å². The molecule has 0 unspecified atom stereocenters. The molecule has 2 aromatic carbocycles. The van der Waals surface area contributed by atoms with E-state index in [9.17, 15) is 0 Å². The summed E-state index contributed by atoms with van der Waals surface area (Å²) in [5.41, 5.74) is 1.05. The Morgan fingerprint density at radius 1 is 1.05 bits per heavy atom. The molecular formula is C15H15N3OS. The molecule has 20 heavy (non-hydrogen) atoms. The van der Waals surface area contributed by atoms with Gasteiger partial charge in [0.25, 0.3) is 0 Å². The Hall–Kier alpha value is -2.14. The number of rotatable bonds is 2. The Balaban J connectivity index is 2.18. The van der Waals surface area contributed by atoms with Gasteiger partial charge in [0.05, 0.1) is 7.11 Å². The largest absolute Gasteiger partial charge is 0.497 e. The minimum Gasteiger partial charge on any atom is -0.497 e. The molecule has 0 fully saturated rings. The highest BCUT2D eigenvalue weighted by Gasteiger charge is 2.08. The summed E-state index contributed by atoms with van der Waals surface area (Å²) in [6.07, 6.45) is 0. The van der Waals surface area contributed by atoms with Crippen LogP contribution >= 0.6 is 12.2 Å². The van der Waals surface area contributed by atoms with Crippen LogP contribution in [-0.2, 0) is 14.1 Å². The van der Waals surface area contributed by atoms with E-state index in [0.29, 0.717) is 4.77 Å². The van der Waals surface area contributed by atoms with Crippen LogP contribution in [0.3, 0.4) is 0 Å². The Morgan fingerprint density at radius 3 is 2.40 bits per heavy atom. The molecule has 102 valence electrons. The molecule has 5 heteroatoms. The number of aryl methyl sites for hydroxylation is 1. The maximum atomic E-state index is 5.29. The van der Waals surface area contributed by atoms with Crippen LogP contribution in [0.1, 0.15) is 0 Å². The summed E-state index contributed by atoms with van der Waals surface area (Å²) in [6.45, 7) is 0. The van der Waals surface area contributed by atoms with Crippen LogP contribution in [0.25, 0.3) is 22.2 Å². The molecule has 0 atom stereocenters. The van der Waals surface area contributed by atoms with Crippen molar-refractivity contribution in [3.8, 4) is 17.1 Å². The van der Waals surface area contributed by atoms with Crippen molar-refractivity contribution >= 4 is 23.0 Å². The van der Waals surface area contributed by atoms with Crippen molar-refractivity contribution in [3.63, 3.8) is 0 Å². The van der Waals surface area contributed by atoms with Crippen molar-refractivity contribution in [1.29, 1.82) is 0 Å². The Kier molecular flexibility index (Phi) is 3.06. The molecular weight excluding hydrogens is 270 g/mol. The van der Waals surface area contributed by atoms with Crippen molar-refractivity contribution in [2.75, 3.05) is 7.11 Å². The van der Waals surface area contributed by atoms with Gasteiger partial charge in [-0.1, -0.05) is 18.2 Å². The number of hydrogen-bond acceptors (Lipinski definition) is 3. The first-order chi connectivity index (χ1) is 9.60. The number of fused-ring (bicyclic) bond motifs is 1. The summed E-state index contributed by atoms with van der Waals surface area (Å²) in [5.74, 6) is 1.73. The van der Waals surface area contributed by atoms with Crippen molar-refractivity contribution < 1.29 is 4.74 Å². The molecule has 1 aromatic heterocycles. The molecule has 0 saturated heterocycles. The molecule has 0 spiro atoms. The zero-order valence-corrected chi connectivity index (χ0v) is 12.4. The van der Waals surface area contributed by atoms with Crippen LogP contribution in [0.2, 0.25) is 0 Å². The number of nitrogens with zero attached hydrogens (tertiary/aromatic N) is 3. The summed E-state index contributed by atoms with van der Waals surface area (Å²) in [4.78, 5) is 0. The fourth-order valence-electron chi connectivity index (χ4n) is 2.30. The fourth-order valence-corrected chi connectivity index (χ4v) is 2.43. The van der Waals surface area contributed by atoms with E-state index >= 15 is 0 Å². The number of aromatic nitrogens is 3. The van der Waals surface area contributed by atoms with E-state index in [0.717, 1.165) is 27.9 Å². The van der Waals surface area contributed by atoms with E-state index in [2.05, 4.69) is 29.4 Å². The molecule has 0 aliphatic rings. The highest BCUT2D eigenvalue weighted by atomic mass is 32.1. The lowest BCUT2D eigenvalue weighted by Gasteiger charge is -2.05. The van der Waals surface area contributed by atoms with Crippen LogP contribution in [0, 0.1) is 4.77 Å². The molecule has 0 N–H and O–H groups in total. The molecule has 1 heterocycles. The van der Waals surface area contributed by atoms with Gasteiger partial charge in [-0.05, 0) is 41.2 Å². The van der Waals surface area contributed by atoms with E-state index in [-0.39, 0.29) is 0 Å². The van der Waals surface area contributed by atoms with Gasteiger partial charge in [0.2, 0.25) is 0 Å². The molecule has 4 nitrogen and oxygen atoms in total.